The van der Waals surface area contributed by atoms with Crippen LogP contribution in [-0.4, -0.2) is 28.1 Å². The van der Waals surface area contributed by atoms with E-state index < -0.39 is 8.32 Å². The summed E-state index contributed by atoms with van der Waals surface area (Å²) < 4.78 is 13.1. The highest BCUT2D eigenvalue weighted by Gasteiger charge is 2.14. The van der Waals surface area contributed by atoms with Crippen LogP contribution in [-0.2, 0) is 9.16 Å². The maximum atomic E-state index is 5.74. The third-order valence-corrected chi connectivity index (χ3v) is 4.32. The molecule has 0 fully saturated rings. The molecule has 0 bridgehead atoms. The second-order valence-electron chi connectivity index (χ2n) is 3.85. The quantitative estimate of drug-likeness (QED) is 0.680. The Morgan fingerprint density at radius 2 is 1.57 bits per heavy atom. The molecule has 0 aliphatic carbocycles. The smallest absolute Gasteiger partial charge is 0.184 e. The minimum atomic E-state index is -1.42. The second kappa shape index (κ2) is 7.17. The largest absolute Gasteiger partial charge is 0.413 e. The molecule has 14 heavy (non-hydrogen) atoms. The van der Waals surface area contributed by atoms with Gasteiger partial charge in [0, 0.05) is 15.6 Å². The van der Waals surface area contributed by atoms with E-state index in [2.05, 4.69) is 51.5 Å². The second-order valence-corrected chi connectivity index (χ2v) is 10.3. The van der Waals surface area contributed by atoms with Gasteiger partial charge in [-0.2, -0.15) is 0 Å². The van der Waals surface area contributed by atoms with Crippen LogP contribution in [0.15, 0.2) is 8.96 Å². The molecule has 0 saturated carbocycles. The van der Waals surface area contributed by atoms with Crippen molar-refractivity contribution < 1.29 is 9.16 Å². The zero-order chi connectivity index (χ0) is 11.2. The van der Waals surface area contributed by atoms with Crippen LogP contribution in [0.1, 0.15) is 6.92 Å². The van der Waals surface area contributed by atoms with Crippen molar-refractivity contribution in [3.8, 4) is 0 Å². The van der Waals surface area contributed by atoms with Gasteiger partial charge in [0.2, 0.25) is 0 Å². The Hall–Kier alpha value is 0.837. The first-order valence-electron chi connectivity index (χ1n) is 4.61. The van der Waals surface area contributed by atoms with Crippen LogP contribution < -0.4 is 0 Å². The third-order valence-electron chi connectivity index (χ3n) is 1.36. The van der Waals surface area contributed by atoms with Crippen molar-refractivity contribution in [3.05, 3.63) is 8.96 Å². The summed E-state index contributed by atoms with van der Waals surface area (Å²) in [6.07, 6.45) is 0. The van der Waals surface area contributed by atoms with Crippen LogP contribution in [0.25, 0.3) is 0 Å². The fourth-order valence-electron chi connectivity index (χ4n) is 0.628. The van der Waals surface area contributed by atoms with Crippen molar-refractivity contribution in [2.45, 2.75) is 26.6 Å². The number of halogens is 2. The molecule has 0 atom stereocenters. The lowest BCUT2D eigenvalue weighted by Crippen LogP contribution is -2.26. The topological polar surface area (TPSA) is 18.5 Å². The summed E-state index contributed by atoms with van der Waals surface area (Å²) in [4.78, 5) is 0. The molecule has 0 aliphatic rings. The SMILES string of the molecule is CCOCC(Br)=C(Br)CO[Si](C)(C)C. The Balaban J connectivity index is 3.97. The molecule has 84 valence electrons. The molecule has 0 N–H and O–H groups in total. The van der Waals surface area contributed by atoms with Gasteiger partial charge in [-0.15, -0.1) is 0 Å². The molecule has 0 aromatic carbocycles. The van der Waals surface area contributed by atoms with Gasteiger partial charge < -0.3 is 9.16 Å². The molecule has 0 aliphatic heterocycles. The van der Waals surface area contributed by atoms with Gasteiger partial charge in [0.25, 0.3) is 0 Å². The summed E-state index contributed by atoms with van der Waals surface area (Å²) in [5, 5.41) is 0. The van der Waals surface area contributed by atoms with Crippen LogP contribution in [0.4, 0.5) is 0 Å². The Morgan fingerprint density at radius 1 is 1.07 bits per heavy atom. The Labute approximate surface area is 104 Å². The average Bonchev–Trinajstić information content (AvgIpc) is 2.09. The van der Waals surface area contributed by atoms with E-state index in [0.717, 1.165) is 15.6 Å². The number of rotatable bonds is 6. The van der Waals surface area contributed by atoms with E-state index in [1.165, 1.54) is 0 Å². The fraction of sp³-hybridized carbons (Fsp3) is 0.778. The van der Waals surface area contributed by atoms with E-state index in [4.69, 9.17) is 9.16 Å². The first kappa shape index (κ1) is 14.8. The maximum absolute atomic E-state index is 5.74. The van der Waals surface area contributed by atoms with E-state index in [1.807, 2.05) is 6.92 Å². The molecule has 5 heteroatoms. The molecule has 0 rings (SSSR count). The molecule has 0 spiro atoms. The summed E-state index contributed by atoms with van der Waals surface area (Å²) in [5.74, 6) is 0. The van der Waals surface area contributed by atoms with E-state index in [0.29, 0.717) is 13.2 Å². The molecule has 0 radical (unpaired) electrons. The van der Waals surface area contributed by atoms with Gasteiger partial charge in [0.05, 0.1) is 13.2 Å². The van der Waals surface area contributed by atoms with Gasteiger partial charge in [-0.1, -0.05) is 31.9 Å². The predicted octanol–water partition coefficient (Wildman–Crippen LogP) is 3.88. The standard InChI is InChI=1S/C9H18Br2O2Si/c1-5-12-6-8(10)9(11)7-13-14(2,3)4/h5-7H2,1-4H3. The molecular formula is C9H18Br2O2Si. The van der Waals surface area contributed by atoms with Gasteiger partial charge in [0.1, 0.15) is 0 Å². The summed E-state index contributed by atoms with van der Waals surface area (Å²) in [6.45, 7) is 10.4. The lowest BCUT2D eigenvalue weighted by Gasteiger charge is -2.17. The van der Waals surface area contributed by atoms with Gasteiger partial charge in [-0.25, -0.2) is 0 Å². The zero-order valence-corrected chi connectivity index (χ0v) is 13.4. The van der Waals surface area contributed by atoms with Gasteiger partial charge in [-0.3, -0.25) is 0 Å². The lowest BCUT2D eigenvalue weighted by atomic mass is 10.5. The summed E-state index contributed by atoms with van der Waals surface area (Å²) in [5.41, 5.74) is 0. The molecule has 0 amide bonds. The summed E-state index contributed by atoms with van der Waals surface area (Å²) >= 11 is 6.93. The van der Waals surface area contributed by atoms with Crippen LogP contribution in [0.3, 0.4) is 0 Å². The van der Waals surface area contributed by atoms with E-state index in [1.54, 1.807) is 0 Å². The Morgan fingerprint density at radius 3 is 2.00 bits per heavy atom. The normalized spacial score (nSPS) is 14.1. The van der Waals surface area contributed by atoms with Crippen molar-refractivity contribution in [2.75, 3.05) is 19.8 Å². The molecular weight excluding hydrogens is 328 g/mol. The molecule has 2 nitrogen and oxygen atoms in total. The fourth-order valence-corrected chi connectivity index (χ4v) is 1.92. The van der Waals surface area contributed by atoms with Crippen LogP contribution in [0.5, 0.6) is 0 Å². The molecule has 0 saturated heterocycles. The average molecular weight is 346 g/mol. The highest BCUT2D eigenvalue weighted by atomic mass is 79.9. The third kappa shape index (κ3) is 8.17. The molecule has 0 aromatic rings. The van der Waals surface area contributed by atoms with Crippen molar-refractivity contribution >= 4 is 40.2 Å². The van der Waals surface area contributed by atoms with Crippen molar-refractivity contribution in [1.82, 2.24) is 0 Å². The Kier molecular flexibility index (Phi) is 7.60. The molecule has 0 unspecified atom stereocenters. The van der Waals surface area contributed by atoms with Gasteiger partial charge in [0.15, 0.2) is 8.32 Å². The highest BCUT2D eigenvalue weighted by molar-refractivity contribution is 9.14. The Bertz CT molecular complexity index is 199. The highest BCUT2D eigenvalue weighted by Crippen LogP contribution is 2.20. The predicted molar refractivity (Wildman–Crippen MR) is 70.7 cm³/mol. The zero-order valence-electron chi connectivity index (χ0n) is 9.19. The van der Waals surface area contributed by atoms with Crippen molar-refractivity contribution in [2.24, 2.45) is 0 Å². The van der Waals surface area contributed by atoms with Crippen LogP contribution >= 0.6 is 31.9 Å². The molecule has 0 aromatic heterocycles. The first-order chi connectivity index (χ1) is 6.37. The number of hydrogen-bond acceptors (Lipinski definition) is 2. The van der Waals surface area contributed by atoms with Crippen molar-refractivity contribution in [1.29, 1.82) is 0 Å². The van der Waals surface area contributed by atoms with Crippen molar-refractivity contribution in [3.63, 3.8) is 0 Å². The first-order valence-corrected chi connectivity index (χ1v) is 9.61. The minimum absolute atomic E-state index is 0.603. The monoisotopic (exact) mass is 344 g/mol. The number of hydrogen-bond donors (Lipinski definition) is 0. The maximum Gasteiger partial charge on any atom is 0.184 e. The van der Waals surface area contributed by atoms with E-state index in [9.17, 15) is 0 Å². The summed E-state index contributed by atoms with van der Waals surface area (Å²) in [6, 6.07) is 0. The van der Waals surface area contributed by atoms with Crippen LogP contribution in [0.2, 0.25) is 19.6 Å². The van der Waals surface area contributed by atoms with Gasteiger partial charge >= 0.3 is 0 Å². The van der Waals surface area contributed by atoms with E-state index >= 15 is 0 Å². The minimum Gasteiger partial charge on any atom is -0.413 e. The van der Waals surface area contributed by atoms with Crippen LogP contribution in [0, 0.1) is 0 Å². The molecule has 0 heterocycles. The number of ether oxygens (including phenoxy) is 1. The lowest BCUT2D eigenvalue weighted by molar-refractivity contribution is 0.175. The van der Waals surface area contributed by atoms with Gasteiger partial charge in [-0.05, 0) is 26.6 Å². The summed E-state index contributed by atoms with van der Waals surface area (Å²) in [7, 11) is -1.42. The van der Waals surface area contributed by atoms with E-state index in [-0.39, 0.29) is 0 Å².